The maximum absolute atomic E-state index is 13.0. The third kappa shape index (κ3) is 5.44. The van der Waals surface area contributed by atoms with Crippen molar-refractivity contribution in [1.82, 2.24) is 4.98 Å². The largest absolute Gasteiger partial charge is 0.477 e. The average Bonchev–Trinajstić information content (AvgIpc) is 2.77. The molecule has 0 fully saturated rings. The normalized spacial score (nSPS) is 10.3. The Bertz CT molecular complexity index is 1000. The second kappa shape index (κ2) is 10.2. The molecule has 0 spiro atoms. The maximum atomic E-state index is 13.0. The number of nitrogens with zero attached hydrogens (tertiary/aromatic N) is 2. The second-order valence-corrected chi connectivity index (χ2v) is 6.67. The Kier molecular flexibility index (Phi) is 7.16. The molecule has 2 aromatic carbocycles. The maximum Gasteiger partial charge on any atom is 0.344 e. The number of anilines is 1. The van der Waals surface area contributed by atoms with Gasteiger partial charge in [-0.3, -0.25) is 4.79 Å². The van der Waals surface area contributed by atoms with Gasteiger partial charge in [-0.25, -0.2) is 9.78 Å². The van der Waals surface area contributed by atoms with Gasteiger partial charge < -0.3 is 14.4 Å². The number of esters is 1. The lowest BCUT2D eigenvalue weighted by Gasteiger charge is -2.23. The lowest BCUT2D eigenvalue weighted by Crippen LogP contribution is -2.34. The van der Waals surface area contributed by atoms with Crippen LogP contribution in [0.3, 0.4) is 0 Å². The Morgan fingerprint density at radius 3 is 2.53 bits per heavy atom. The number of pyridine rings is 1. The summed E-state index contributed by atoms with van der Waals surface area (Å²) < 4.78 is 10.7. The number of aryl methyl sites for hydroxylation is 1. The van der Waals surface area contributed by atoms with Gasteiger partial charge in [-0.15, -0.1) is 0 Å². The van der Waals surface area contributed by atoms with Gasteiger partial charge in [0, 0.05) is 11.9 Å². The molecule has 0 aliphatic heterocycles. The van der Waals surface area contributed by atoms with E-state index >= 15 is 0 Å². The SMILES string of the molecule is CCOc1ncccc1C(=O)OCC(=O)N(Cc1ccccc1)c1cccc(C)c1. The Morgan fingerprint density at radius 2 is 1.80 bits per heavy atom. The van der Waals surface area contributed by atoms with Gasteiger partial charge >= 0.3 is 5.97 Å². The summed E-state index contributed by atoms with van der Waals surface area (Å²) in [4.78, 5) is 31.2. The summed E-state index contributed by atoms with van der Waals surface area (Å²) >= 11 is 0. The van der Waals surface area contributed by atoms with E-state index in [0.29, 0.717) is 13.2 Å². The fourth-order valence-electron chi connectivity index (χ4n) is 2.97. The van der Waals surface area contributed by atoms with Crippen molar-refractivity contribution in [2.24, 2.45) is 0 Å². The standard InChI is InChI=1S/C24H24N2O4/c1-3-29-23-21(13-8-14-25-23)24(28)30-17-22(27)26(16-19-10-5-4-6-11-19)20-12-7-9-18(2)15-20/h4-15H,3,16-17H2,1-2H3. The van der Waals surface area contributed by atoms with E-state index in [2.05, 4.69) is 4.98 Å². The van der Waals surface area contributed by atoms with E-state index in [0.717, 1.165) is 16.8 Å². The zero-order valence-corrected chi connectivity index (χ0v) is 17.1. The first-order valence-corrected chi connectivity index (χ1v) is 9.74. The Morgan fingerprint density at radius 1 is 1.00 bits per heavy atom. The molecule has 3 rings (SSSR count). The molecule has 0 radical (unpaired) electrons. The van der Waals surface area contributed by atoms with Gasteiger partial charge in [0.05, 0.1) is 13.2 Å². The molecule has 0 bridgehead atoms. The number of hydrogen-bond acceptors (Lipinski definition) is 5. The smallest absolute Gasteiger partial charge is 0.344 e. The van der Waals surface area contributed by atoms with Crippen LogP contribution in [0.15, 0.2) is 72.9 Å². The van der Waals surface area contributed by atoms with Gasteiger partial charge in [-0.2, -0.15) is 0 Å². The molecule has 1 heterocycles. The molecule has 0 aliphatic rings. The Hall–Kier alpha value is -3.67. The number of carbonyl (C=O) groups excluding carboxylic acids is 2. The highest BCUT2D eigenvalue weighted by molar-refractivity contribution is 5.97. The van der Waals surface area contributed by atoms with Gasteiger partial charge in [0.2, 0.25) is 5.88 Å². The quantitative estimate of drug-likeness (QED) is 0.527. The van der Waals surface area contributed by atoms with Crippen LogP contribution in [0.25, 0.3) is 0 Å². The predicted octanol–water partition coefficient (Wildman–Crippen LogP) is 4.18. The van der Waals surface area contributed by atoms with Crippen LogP contribution >= 0.6 is 0 Å². The number of ether oxygens (including phenoxy) is 2. The van der Waals surface area contributed by atoms with Crippen LogP contribution in [0.1, 0.15) is 28.4 Å². The van der Waals surface area contributed by atoms with Crippen molar-refractivity contribution in [3.63, 3.8) is 0 Å². The fraction of sp³-hybridized carbons (Fsp3) is 0.208. The molecule has 6 nitrogen and oxygen atoms in total. The number of rotatable bonds is 8. The van der Waals surface area contributed by atoms with Crippen molar-refractivity contribution in [1.29, 1.82) is 0 Å². The molecule has 3 aromatic rings. The van der Waals surface area contributed by atoms with E-state index in [1.165, 1.54) is 6.20 Å². The second-order valence-electron chi connectivity index (χ2n) is 6.67. The zero-order valence-electron chi connectivity index (χ0n) is 17.1. The summed E-state index contributed by atoms with van der Waals surface area (Å²) in [5.74, 6) is -0.777. The summed E-state index contributed by atoms with van der Waals surface area (Å²) in [6, 6.07) is 20.5. The molecule has 6 heteroatoms. The fourth-order valence-corrected chi connectivity index (χ4v) is 2.97. The van der Waals surface area contributed by atoms with E-state index in [4.69, 9.17) is 9.47 Å². The summed E-state index contributed by atoms with van der Waals surface area (Å²) in [5.41, 5.74) is 2.95. The average molecular weight is 404 g/mol. The van der Waals surface area contributed by atoms with Crippen LogP contribution < -0.4 is 9.64 Å². The van der Waals surface area contributed by atoms with Crippen molar-refractivity contribution in [3.8, 4) is 5.88 Å². The Balaban J connectivity index is 1.76. The molecule has 0 saturated carbocycles. The molecule has 0 N–H and O–H groups in total. The van der Waals surface area contributed by atoms with Crippen LogP contribution in [0.4, 0.5) is 5.69 Å². The lowest BCUT2D eigenvalue weighted by molar-refractivity contribution is -0.121. The van der Waals surface area contributed by atoms with Crippen LogP contribution in [0.2, 0.25) is 0 Å². The summed E-state index contributed by atoms with van der Waals surface area (Å²) in [6.45, 7) is 4.12. The van der Waals surface area contributed by atoms with Gasteiger partial charge in [0.15, 0.2) is 6.61 Å². The van der Waals surface area contributed by atoms with E-state index in [9.17, 15) is 9.59 Å². The molecule has 0 aliphatic carbocycles. The molecule has 154 valence electrons. The van der Waals surface area contributed by atoms with Crippen molar-refractivity contribution in [3.05, 3.63) is 89.6 Å². The highest BCUT2D eigenvalue weighted by Gasteiger charge is 2.21. The molecule has 1 amide bonds. The summed E-state index contributed by atoms with van der Waals surface area (Å²) in [6.07, 6.45) is 1.53. The predicted molar refractivity (Wildman–Crippen MR) is 114 cm³/mol. The topological polar surface area (TPSA) is 68.7 Å². The first kappa shape index (κ1) is 21.0. The highest BCUT2D eigenvalue weighted by Crippen LogP contribution is 2.20. The highest BCUT2D eigenvalue weighted by atomic mass is 16.5. The van der Waals surface area contributed by atoms with Crippen molar-refractivity contribution in [2.75, 3.05) is 18.1 Å². The van der Waals surface area contributed by atoms with E-state index in [1.54, 1.807) is 24.0 Å². The van der Waals surface area contributed by atoms with Crippen LogP contribution in [0, 0.1) is 6.92 Å². The zero-order chi connectivity index (χ0) is 21.3. The molecule has 0 atom stereocenters. The number of amides is 1. The summed E-state index contributed by atoms with van der Waals surface area (Å²) in [5, 5.41) is 0. The Labute approximate surface area is 176 Å². The minimum atomic E-state index is -0.649. The third-order valence-corrected chi connectivity index (χ3v) is 4.40. The monoisotopic (exact) mass is 404 g/mol. The summed E-state index contributed by atoms with van der Waals surface area (Å²) in [7, 11) is 0. The molecular weight excluding hydrogens is 380 g/mol. The number of hydrogen-bond donors (Lipinski definition) is 0. The minimum Gasteiger partial charge on any atom is -0.477 e. The first-order chi connectivity index (χ1) is 14.6. The number of benzene rings is 2. The van der Waals surface area contributed by atoms with Crippen LogP contribution in [-0.2, 0) is 16.1 Å². The lowest BCUT2D eigenvalue weighted by atomic mass is 10.1. The van der Waals surface area contributed by atoms with Crippen molar-refractivity contribution in [2.45, 2.75) is 20.4 Å². The molecule has 1 aromatic heterocycles. The van der Waals surface area contributed by atoms with Gasteiger partial charge in [-0.05, 0) is 49.2 Å². The van der Waals surface area contributed by atoms with E-state index < -0.39 is 5.97 Å². The third-order valence-electron chi connectivity index (χ3n) is 4.40. The number of carbonyl (C=O) groups is 2. The molecule has 0 saturated heterocycles. The van der Waals surface area contributed by atoms with E-state index in [1.807, 2.05) is 61.5 Å². The molecular formula is C24H24N2O4. The number of aromatic nitrogens is 1. The van der Waals surface area contributed by atoms with Crippen LogP contribution in [-0.4, -0.2) is 30.1 Å². The molecule has 30 heavy (non-hydrogen) atoms. The van der Waals surface area contributed by atoms with Gasteiger partial charge in [0.25, 0.3) is 5.91 Å². The van der Waals surface area contributed by atoms with Gasteiger partial charge in [0.1, 0.15) is 5.56 Å². The first-order valence-electron chi connectivity index (χ1n) is 9.74. The van der Waals surface area contributed by atoms with Crippen molar-refractivity contribution >= 4 is 17.6 Å². The van der Waals surface area contributed by atoms with Crippen molar-refractivity contribution < 1.29 is 19.1 Å². The molecule has 0 unspecified atom stereocenters. The van der Waals surface area contributed by atoms with Gasteiger partial charge in [-0.1, -0.05) is 42.5 Å². The minimum absolute atomic E-state index is 0.192. The van der Waals surface area contributed by atoms with Crippen LogP contribution in [0.5, 0.6) is 5.88 Å². The van der Waals surface area contributed by atoms with E-state index in [-0.39, 0.29) is 24.0 Å².